The molecule has 1 rings (SSSR count). The number of hydrogen-bond acceptors (Lipinski definition) is 3. The second-order valence-corrected chi connectivity index (χ2v) is 3.92. The van der Waals surface area contributed by atoms with Gasteiger partial charge >= 0.3 is 0 Å². The molecule has 0 aromatic carbocycles. The number of nitrogens with zero attached hydrogens (tertiary/aromatic N) is 2. The SMILES string of the molecule is Cc1ccnc(SCCCl)c1C#N. The number of alkyl halides is 1. The van der Waals surface area contributed by atoms with Crippen molar-refractivity contribution in [3.05, 3.63) is 23.4 Å². The van der Waals surface area contributed by atoms with E-state index in [1.54, 1.807) is 6.20 Å². The first-order chi connectivity index (χ1) is 6.29. The van der Waals surface area contributed by atoms with E-state index in [4.69, 9.17) is 16.9 Å². The first kappa shape index (κ1) is 10.4. The predicted molar refractivity (Wildman–Crippen MR) is 55.1 cm³/mol. The van der Waals surface area contributed by atoms with Crippen molar-refractivity contribution in [2.45, 2.75) is 11.9 Å². The first-order valence-corrected chi connectivity index (χ1v) is 5.36. The van der Waals surface area contributed by atoms with Crippen molar-refractivity contribution in [2.24, 2.45) is 0 Å². The van der Waals surface area contributed by atoms with Crippen LogP contribution >= 0.6 is 23.4 Å². The average Bonchev–Trinajstić information content (AvgIpc) is 2.15. The molecule has 13 heavy (non-hydrogen) atoms. The normalized spacial score (nSPS) is 9.62. The Morgan fingerprint density at radius 1 is 1.69 bits per heavy atom. The van der Waals surface area contributed by atoms with Crippen LogP contribution in [0.2, 0.25) is 0 Å². The van der Waals surface area contributed by atoms with Crippen LogP contribution in [-0.4, -0.2) is 16.6 Å². The van der Waals surface area contributed by atoms with Crippen molar-refractivity contribution in [3.8, 4) is 6.07 Å². The Kier molecular flexibility index (Phi) is 4.07. The lowest BCUT2D eigenvalue weighted by atomic mass is 10.2. The van der Waals surface area contributed by atoms with Gasteiger partial charge in [-0.25, -0.2) is 4.98 Å². The van der Waals surface area contributed by atoms with Gasteiger partial charge in [0.25, 0.3) is 0 Å². The number of thioether (sulfide) groups is 1. The highest BCUT2D eigenvalue weighted by atomic mass is 35.5. The Bertz CT molecular complexity index is 333. The van der Waals surface area contributed by atoms with Gasteiger partial charge in [-0.05, 0) is 18.6 Å². The zero-order valence-corrected chi connectivity index (χ0v) is 8.82. The smallest absolute Gasteiger partial charge is 0.114 e. The molecule has 0 saturated carbocycles. The molecular weight excluding hydrogens is 204 g/mol. The molecule has 0 atom stereocenters. The largest absolute Gasteiger partial charge is 0.249 e. The van der Waals surface area contributed by atoms with Gasteiger partial charge in [-0.3, -0.25) is 0 Å². The van der Waals surface area contributed by atoms with E-state index in [2.05, 4.69) is 11.1 Å². The summed E-state index contributed by atoms with van der Waals surface area (Å²) in [6.07, 6.45) is 1.72. The van der Waals surface area contributed by atoms with E-state index in [-0.39, 0.29) is 0 Å². The van der Waals surface area contributed by atoms with E-state index in [0.717, 1.165) is 16.3 Å². The number of nitriles is 1. The summed E-state index contributed by atoms with van der Waals surface area (Å²) in [5, 5.41) is 9.64. The molecule has 0 aliphatic heterocycles. The Balaban J connectivity index is 2.93. The molecule has 0 radical (unpaired) electrons. The minimum absolute atomic E-state index is 0.575. The van der Waals surface area contributed by atoms with Crippen molar-refractivity contribution in [1.29, 1.82) is 5.26 Å². The molecule has 4 heteroatoms. The summed E-state index contributed by atoms with van der Waals surface area (Å²) < 4.78 is 0. The predicted octanol–water partition coefficient (Wildman–Crippen LogP) is 2.59. The molecule has 0 amide bonds. The van der Waals surface area contributed by atoms with Crippen molar-refractivity contribution in [2.75, 3.05) is 11.6 Å². The summed E-state index contributed by atoms with van der Waals surface area (Å²) in [7, 11) is 0. The molecule has 0 bridgehead atoms. The Labute approximate surface area is 86.9 Å². The Hall–Kier alpha value is -0.720. The third-order valence-electron chi connectivity index (χ3n) is 1.55. The van der Waals surface area contributed by atoms with Gasteiger partial charge in [0, 0.05) is 17.8 Å². The number of hydrogen-bond donors (Lipinski definition) is 0. The van der Waals surface area contributed by atoms with Crippen molar-refractivity contribution in [3.63, 3.8) is 0 Å². The fourth-order valence-corrected chi connectivity index (χ4v) is 1.90. The number of aromatic nitrogens is 1. The molecule has 0 aliphatic carbocycles. The summed E-state index contributed by atoms with van der Waals surface area (Å²) in [5.74, 6) is 1.36. The number of aryl methyl sites for hydroxylation is 1. The summed E-state index contributed by atoms with van der Waals surface area (Å²) in [5.41, 5.74) is 1.63. The summed E-state index contributed by atoms with van der Waals surface area (Å²) in [6, 6.07) is 3.98. The van der Waals surface area contributed by atoms with Crippen LogP contribution in [0.25, 0.3) is 0 Å². The first-order valence-electron chi connectivity index (χ1n) is 3.84. The van der Waals surface area contributed by atoms with Crippen molar-refractivity contribution < 1.29 is 0 Å². The maximum atomic E-state index is 8.86. The number of rotatable bonds is 3. The van der Waals surface area contributed by atoms with Crippen LogP contribution in [0.4, 0.5) is 0 Å². The van der Waals surface area contributed by atoms with Crippen LogP contribution in [-0.2, 0) is 0 Å². The standard InChI is InChI=1S/C9H9ClN2S/c1-7-2-4-12-9(8(7)6-11)13-5-3-10/h2,4H,3,5H2,1H3. The van der Waals surface area contributed by atoms with Gasteiger partial charge in [0.1, 0.15) is 11.1 Å². The van der Waals surface area contributed by atoms with E-state index in [0.29, 0.717) is 11.4 Å². The van der Waals surface area contributed by atoms with Crippen LogP contribution in [0.1, 0.15) is 11.1 Å². The van der Waals surface area contributed by atoms with Crippen LogP contribution in [0.3, 0.4) is 0 Å². The van der Waals surface area contributed by atoms with Gasteiger partial charge in [0.15, 0.2) is 0 Å². The number of pyridine rings is 1. The quantitative estimate of drug-likeness (QED) is 0.571. The maximum Gasteiger partial charge on any atom is 0.114 e. The third-order valence-corrected chi connectivity index (χ3v) is 2.96. The van der Waals surface area contributed by atoms with E-state index < -0.39 is 0 Å². The Morgan fingerprint density at radius 3 is 3.08 bits per heavy atom. The van der Waals surface area contributed by atoms with Crippen LogP contribution in [0.15, 0.2) is 17.3 Å². The van der Waals surface area contributed by atoms with E-state index in [9.17, 15) is 0 Å². The molecule has 2 nitrogen and oxygen atoms in total. The van der Waals surface area contributed by atoms with Gasteiger partial charge in [-0.2, -0.15) is 5.26 Å². The summed E-state index contributed by atoms with van der Waals surface area (Å²) in [4.78, 5) is 4.13. The minimum atomic E-state index is 0.575. The van der Waals surface area contributed by atoms with E-state index >= 15 is 0 Å². The topological polar surface area (TPSA) is 36.7 Å². The molecule has 68 valence electrons. The molecule has 1 aromatic rings. The van der Waals surface area contributed by atoms with Gasteiger partial charge in [0.05, 0.1) is 5.56 Å². The van der Waals surface area contributed by atoms with Crippen LogP contribution in [0, 0.1) is 18.3 Å². The zero-order chi connectivity index (χ0) is 9.68. The maximum absolute atomic E-state index is 8.86. The molecular formula is C9H9ClN2S. The second-order valence-electron chi connectivity index (χ2n) is 2.46. The monoisotopic (exact) mass is 212 g/mol. The highest BCUT2D eigenvalue weighted by molar-refractivity contribution is 7.99. The zero-order valence-electron chi connectivity index (χ0n) is 7.25. The third kappa shape index (κ3) is 2.61. The average molecular weight is 213 g/mol. The molecule has 0 spiro atoms. The second kappa shape index (κ2) is 5.11. The van der Waals surface area contributed by atoms with Crippen molar-refractivity contribution in [1.82, 2.24) is 4.98 Å². The number of halogens is 1. The highest BCUT2D eigenvalue weighted by Gasteiger charge is 2.05. The van der Waals surface area contributed by atoms with Crippen LogP contribution < -0.4 is 0 Å². The van der Waals surface area contributed by atoms with Gasteiger partial charge < -0.3 is 0 Å². The lowest BCUT2D eigenvalue weighted by Crippen LogP contribution is -1.91. The molecule has 0 saturated heterocycles. The van der Waals surface area contributed by atoms with E-state index in [1.807, 2.05) is 13.0 Å². The molecule has 0 fully saturated rings. The summed E-state index contributed by atoms with van der Waals surface area (Å²) in [6.45, 7) is 1.91. The van der Waals surface area contributed by atoms with Crippen LogP contribution in [0.5, 0.6) is 0 Å². The van der Waals surface area contributed by atoms with Gasteiger partial charge in [0.2, 0.25) is 0 Å². The van der Waals surface area contributed by atoms with Gasteiger partial charge in [-0.1, -0.05) is 0 Å². The Morgan fingerprint density at radius 2 is 2.46 bits per heavy atom. The fraction of sp³-hybridized carbons (Fsp3) is 0.333. The summed E-state index contributed by atoms with van der Waals surface area (Å²) >= 11 is 7.08. The van der Waals surface area contributed by atoms with Crippen molar-refractivity contribution >= 4 is 23.4 Å². The molecule has 0 N–H and O–H groups in total. The fourth-order valence-electron chi connectivity index (χ4n) is 0.914. The lowest BCUT2D eigenvalue weighted by Gasteiger charge is -2.02. The molecule has 1 heterocycles. The molecule has 0 unspecified atom stereocenters. The molecule has 1 aromatic heterocycles. The minimum Gasteiger partial charge on any atom is -0.249 e. The van der Waals surface area contributed by atoms with E-state index in [1.165, 1.54) is 11.8 Å². The molecule has 0 aliphatic rings. The lowest BCUT2D eigenvalue weighted by molar-refractivity contribution is 1.09. The van der Waals surface area contributed by atoms with Gasteiger partial charge in [-0.15, -0.1) is 23.4 Å². The highest BCUT2D eigenvalue weighted by Crippen LogP contribution is 2.21.